The standard InChI is InChI=1S/C17H13F2N3O3/c18-12-3-1-2-11(15(12)19)13-6-14(22-21-13)20-17(23)16-10-4-5-24-7-9(10)8-25-16/h1-3,6,8H,4-5,7H2,(H2,20,21,22,23). The van der Waals surface area contributed by atoms with E-state index in [4.69, 9.17) is 9.15 Å². The van der Waals surface area contributed by atoms with Gasteiger partial charge in [0.2, 0.25) is 0 Å². The number of amides is 1. The topological polar surface area (TPSA) is 80.2 Å². The van der Waals surface area contributed by atoms with E-state index in [0.29, 0.717) is 19.6 Å². The van der Waals surface area contributed by atoms with Crippen LogP contribution < -0.4 is 5.32 Å². The Balaban J connectivity index is 1.56. The summed E-state index contributed by atoms with van der Waals surface area (Å²) in [5, 5.41) is 9.08. The average molecular weight is 345 g/mol. The van der Waals surface area contributed by atoms with Crippen LogP contribution in [0, 0.1) is 11.6 Å². The number of aromatic nitrogens is 2. The lowest BCUT2D eigenvalue weighted by Crippen LogP contribution is -2.16. The Labute approximate surface area is 140 Å². The fraction of sp³-hybridized carbons (Fsp3) is 0.176. The third-order valence-electron chi connectivity index (χ3n) is 4.00. The van der Waals surface area contributed by atoms with Gasteiger partial charge in [0.25, 0.3) is 5.91 Å². The molecule has 0 bridgehead atoms. The minimum absolute atomic E-state index is 0.0283. The van der Waals surface area contributed by atoms with Crippen molar-refractivity contribution in [2.24, 2.45) is 0 Å². The first kappa shape index (κ1) is 15.5. The van der Waals surface area contributed by atoms with Crippen LogP contribution in [0.4, 0.5) is 14.6 Å². The summed E-state index contributed by atoms with van der Waals surface area (Å²) in [7, 11) is 0. The molecule has 0 spiro atoms. The Morgan fingerprint density at radius 2 is 2.20 bits per heavy atom. The van der Waals surface area contributed by atoms with Gasteiger partial charge in [-0.05, 0) is 12.1 Å². The minimum Gasteiger partial charge on any atom is -0.458 e. The zero-order chi connectivity index (χ0) is 17.4. The number of carbonyl (C=O) groups excluding carboxylic acids is 1. The maximum absolute atomic E-state index is 13.8. The third-order valence-corrected chi connectivity index (χ3v) is 4.00. The molecule has 0 saturated carbocycles. The van der Waals surface area contributed by atoms with Gasteiger partial charge in [0, 0.05) is 29.2 Å². The van der Waals surface area contributed by atoms with Gasteiger partial charge >= 0.3 is 0 Å². The van der Waals surface area contributed by atoms with Crippen LogP contribution in [0.2, 0.25) is 0 Å². The number of carbonyl (C=O) groups is 1. The molecule has 3 heterocycles. The van der Waals surface area contributed by atoms with Gasteiger partial charge in [-0.1, -0.05) is 6.07 Å². The Morgan fingerprint density at radius 3 is 3.08 bits per heavy atom. The Morgan fingerprint density at radius 1 is 1.32 bits per heavy atom. The summed E-state index contributed by atoms with van der Waals surface area (Å²) in [6, 6.07) is 5.26. The van der Waals surface area contributed by atoms with Crippen LogP contribution in [-0.4, -0.2) is 22.7 Å². The van der Waals surface area contributed by atoms with Crippen molar-refractivity contribution in [2.45, 2.75) is 13.0 Å². The van der Waals surface area contributed by atoms with E-state index in [-0.39, 0.29) is 22.8 Å². The highest BCUT2D eigenvalue weighted by molar-refractivity contribution is 6.03. The van der Waals surface area contributed by atoms with Crippen LogP contribution in [0.25, 0.3) is 11.3 Å². The smallest absolute Gasteiger partial charge is 0.292 e. The van der Waals surface area contributed by atoms with Crippen molar-refractivity contribution in [1.29, 1.82) is 0 Å². The normalized spacial score (nSPS) is 13.5. The molecule has 0 atom stereocenters. The lowest BCUT2D eigenvalue weighted by atomic mass is 10.1. The molecule has 0 unspecified atom stereocenters. The molecule has 0 saturated heterocycles. The molecule has 1 aliphatic heterocycles. The number of halogens is 2. The van der Waals surface area contributed by atoms with E-state index < -0.39 is 17.5 Å². The van der Waals surface area contributed by atoms with Gasteiger partial charge in [-0.2, -0.15) is 5.10 Å². The number of furan rings is 1. The molecule has 6 nitrogen and oxygen atoms in total. The highest BCUT2D eigenvalue weighted by atomic mass is 19.2. The quantitative estimate of drug-likeness (QED) is 0.763. The van der Waals surface area contributed by atoms with Crippen LogP contribution in [0.5, 0.6) is 0 Å². The first-order valence-corrected chi connectivity index (χ1v) is 7.61. The van der Waals surface area contributed by atoms with Gasteiger partial charge < -0.3 is 14.5 Å². The van der Waals surface area contributed by atoms with Crippen LogP contribution in [0.1, 0.15) is 21.7 Å². The van der Waals surface area contributed by atoms with Crippen molar-refractivity contribution in [2.75, 3.05) is 11.9 Å². The van der Waals surface area contributed by atoms with E-state index >= 15 is 0 Å². The molecule has 1 aromatic carbocycles. The van der Waals surface area contributed by atoms with Gasteiger partial charge in [0.1, 0.15) is 0 Å². The second-order valence-corrected chi connectivity index (χ2v) is 5.59. The molecule has 25 heavy (non-hydrogen) atoms. The molecule has 8 heteroatoms. The number of hydrogen-bond acceptors (Lipinski definition) is 4. The highest BCUT2D eigenvalue weighted by Gasteiger charge is 2.23. The van der Waals surface area contributed by atoms with E-state index in [0.717, 1.165) is 17.2 Å². The van der Waals surface area contributed by atoms with Crippen molar-refractivity contribution in [3.8, 4) is 11.3 Å². The van der Waals surface area contributed by atoms with Gasteiger partial charge in [-0.25, -0.2) is 8.78 Å². The highest BCUT2D eigenvalue weighted by Crippen LogP contribution is 2.26. The van der Waals surface area contributed by atoms with Crippen LogP contribution in [0.15, 0.2) is 34.9 Å². The largest absolute Gasteiger partial charge is 0.458 e. The molecule has 128 valence electrons. The zero-order valence-corrected chi connectivity index (χ0v) is 12.9. The lowest BCUT2D eigenvalue weighted by Gasteiger charge is -2.11. The molecular formula is C17H13F2N3O3. The number of fused-ring (bicyclic) bond motifs is 1. The number of hydrogen-bond donors (Lipinski definition) is 2. The second-order valence-electron chi connectivity index (χ2n) is 5.59. The number of ether oxygens (including phenoxy) is 1. The van der Waals surface area contributed by atoms with Gasteiger partial charge in [-0.15, -0.1) is 0 Å². The van der Waals surface area contributed by atoms with E-state index in [1.54, 1.807) is 0 Å². The fourth-order valence-electron chi connectivity index (χ4n) is 2.77. The molecule has 2 aromatic heterocycles. The average Bonchev–Trinajstić information content (AvgIpc) is 3.24. The number of aromatic amines is 1. The van der Waals surface area contributed by atoms with Crippen molar-refractivity contribution < 1.29 is 22.7 Å². The number of nitrogens with one attached hydrogen (secondary N) is 2. The Kier molecular flexibility index (Phi) is 3.81. The molecule has 1 amide bonds. The number of nitrogens with zero attached hydrogens (tertiary/aromatic N) is 1. The monoisotopic (exact) mass is 345 g/mol. The van der Waals surface area contributed by atoms with Gasteiger partial charge in [0.05, 0.1) is 25.2 Å². The SMILES string of the molecule is O=C(Nc1cc(-c2cccc(F)c2F)[nH]n1)c1occ2c1CCOC2. The molecule has 3 aromatic rings. The number of H-pyrrole nitrogens is 1. The second kappa shape index (κ2) is 6.14. The zero-order valence-electron chi connectivity index (χ0n) is 12.9. The van der Waals surface area contributed by atoms with Crippen LogP contribution >= 0.6 is 0 Å². The van der Waals surface area contributed by atoms with Gasteiger partial charge in [-0.3, -0.25) is 9.89 Å². The molecule has 0 aliphatic carbocycles. The summed E-state index contributed by atoms with van der Waals surface area (Å²) < 4.78 is 37.8. The molecule has 0 fully saturated rings. The predicted molar refractivity (Wildman–Crippen MR) is 84.0 cm³/mol. The number of anilines is 1. The van der Waals surface area contributed by atoms with Crippen LogP contribution in [0.3, 0.4) is 0 Å². The predicted octanol–water partition coefficient (Wildman–Crippen LogP) is 3.27. The first-order valence-electron chi connectivity index (χ1n) is 7.61. The summed E-state index contributed by atoms with van der Waals surface area (Å²) in [5.74, 6) is -2.01. The van der Waals surface area contributed by atoms with Gasteiger partial charge in [0.15, 0.2) is 23.2 Å². The van der Waals surface area contributed by atoms with Crippen molar-refractivity contribution >= 4 is 11.7 Å². The fourth-order valence-corrected chi connectivity index (χ4v) is 2.77. The van der Waals surface area contributed by atoms with E-state index in [2.05, 4.69) is 15.5 Å². The summed E-state index contributed by atoms with van der Waals surface area (Å²) in [6.07, 6.45) is 2.09. The molecule has 0 radical (unpaired) electrons. The van der Waals surface area contributed by atoms with E-state index in [9.17, 15) is 13.6 Å². The Hall–Kier alpha value is -3.00. The molecule has 2 N–H and O–H groups in total. The van der Waals surface area contributed by atoms with E-state index in [1.807, 2.05) is 0 Å². The number of benzene rings is 1. The van der Waals surface area contributed by atoms with Crippen molar-refractivity contribution in [3.05, 3.63) is 59.1 Å². The molecule has 4 rings (SSSR count). The summed E-state index contributed by atoms with van der Waals surface area (Å²) >= 11 is 0. The number of rotatable bonds is 3. The molecule has 1 aliphatic rings. The lowest BCUT2D eigenvalue weighted by molar-refractivity contribution is 0.0988. The summed E-state index contributed by atoms with van der Waals surface area (Å²) in [4.78, 5) is 12.4. The summed E-state index contributed by atoms with van der Waals surface area (Å²) in [5.41, 5.74) is 1.94. The van der Waals surface area contributed by atoms with E-state index in [1.165, 1.54) is 24.5 Å². The maximum atomic E-state index is 13.8. The third kappa shape index (κ3) is 2.80. The maximum Gasteiger partial charge on any atom is 0.292 e. The summed E-state index contributed by atoms with van der Waals surface area (Å²) in [6.45, 7) is 0.940. The van der Waals surface area contributed by atoms with Crippen molar-refractivity contribution in [3.63, 3.8) is 0 Å². The first-order chi connectivity index (χ1) is 12.1. The minimum atomic E-state index is -0.982. The molecular weight excluding hydrogens is 332 g/mol. The van der Waals surface area contributed by atoms with Crippen molar-refractivity contribution in [1.82, 2.24) is 10.2 Å². The Bertz CT molecular complexity index is 949. The van der Waals surface area contributed by atoms with Crippen LogP contribution in [-0.2, 0) is 17.8 Å².